The lowest BCUT2D eigenvalue weighted by Gasteiger charge is -2.27. The van der Waals surface area contributed by atoms with E-state index in [0.717, 1.165) is 12.8 Å². The molecule has 0 aliphatic carbocycles. The highest BCUT2D eigenvalue weighted by atomic mass is 16.6. The number of hydrogen-bond donors (Lipinski definition) is 0. The highest BCUT2D eigenvalue weighted by Crippen LogP contribution is 2.42. The standard InChI is InChI=1S/C14H22O5/c1-4-9-8-14(3,11(5-2)18-9)13(16)19-10-6-7-17-12(10)15/h9-11H,4-8H2,1-3H3. The van der Waals surface area contributed by atoms with Crippen molar-refractivity contribution >= 4 is 11.9 Å². The summed E-state index contributed by atoms with van der Waals surface area (Å²) in [6.45, 7) is 6.25. The van der Waals surface area contributed by atoms with Crippen molar-refractivity contribution in [2.45, 2.75) is 64.8 Å². The van der Waals surface area contributed by atoms with E-state index in [2.05, 4.69) is 0 Å². The highest BCUT2D eigenvalue weighted by molar-refractivity contribution is 5.83. The number of hydrogen-bond acceptors (Lipinski definition) is 5. The summed E-state index contributed by atoms with van der Waals surface area (Å²) in [4.78, 5) is 23.8. The van der Waals surface area contributed by atoms with Crippen molar-refractivity contribution in [1.82, 2.24) is 0 Å². The lowest BCUT2D eigenvalue weighted by molar-refractivity contribution is -0.170. The number of carbonyl (C=O) groups excluding carboxylic acids is 2. The Morgan fingerprint density at radius 1 is 1.42 bits per heavy atom. The van der Waals surface area contributed by atoms with E-state index in [1.807, 2.05) is 20.8 Å². The Kier molecular flexibility index (Phi) is 4.13. The van der Waals surface area contributed by atoms with Gasteiger partial charge in [0.15, 0.2) is 0 Å². The van der Waals surface area contributed by atoms with Gasteiger partial charge in [0.05, 0.1) is 24.2 Å². The Morgan fingerprint density at radius 2 is 2.16 bits per heavy atom. The normalized spacial score (nSPS) is 38.3. The Hall–Kier alpha value is -1.10. The van der Waals surface area contributed by atoms with Crippen LogP contribution in [-0.2, 0) is 23.8 Å². The van der Waals surface area contributed by atoms with Crippen molar-refractivity contribution in [2.75, 3.05) is 6.61 Å². The van der Waals surface area contributed by atoms with Gasteiger partial charge in [0.25, 0.3) is 0 Å². The third kappa shape index (κ3) is 2.61. The molecule has 2 saturated heterocycles. The van der Waals surface area contributed by atoms with Crippen LogP contribution in [0.15, 0.2) is 0 Å². The molecule has 19 heavy (non-hydrogen) atoms. The maximum atomic E-state index is 12.4. The molecule has 2 rings (SSSR count). The van der Waals surface area contributed by atoms with Gasteiger partial charge in [-0.2, -0.15) is 0 Å². The fourth-order valence-electron chi connectivity index (χ4n) is 2.89. The Balaban J connectivity index is 2.05. The first-order chi connectivity index (χ1) is 9.01. The zero-order chi connectivity index (χ0) is 14.0. The van der Waals surface area contributed by atoms with Gasteiger partial charge in [0.1, 0.15) is 0 Å². The van der Waals surface area contributed by atoms with Crippen molar-refractivity contribution in [3.8, 4) is 0 Å². The number of ether oxygens (including phenoxy) is 3. The van der Waals surface area contributed by atoms with Gasteiger partial charge in [-0.15, -0.1) is 0 Å². The van der Waals surface area contributed by atoms with Gasteiger partial charge in [-0.25, -0.2) is 4.79 Å². The molecule has 0 N–H and O–H groups in total. The summed E-state index contributed by atoms with van der Waals surface area (Å²) in [7, 11) is 0. The van der Waals surface area contributed by atoms with Crippen LogP contribution in [0.5, 0.6) is 0 Å². The second kappa shape index (κ2) is 5.49. The quantitative estimate of drug-likeness (QED) is 0.729. The Morgan fingerprint density at radius 3 is 2.68 bits per heavy atom. The molecule has 0 aromatic carbocycles. The second-order valence-electron chi connectivity index (χ2n) is 5.53. The molecule has 4 unspecified atom stereocenters. The smallest absolute Gasteiger partial charge is 0.347 e. The predicted molar refractivity (Wildman–Crippen MR) is 67.4 cm³/mol. The third-order valence-corrected chi connectivity index (χ3v) is 4.15. The molecule has 4 atom stereocenters. The van der Waals surface area contributed by atoms with Crippen LogP contribution in [0.3, 0.4) is 0 Å². The average Bonchev–Trinajstić information content (AvgIpc) is 2.94. The summed E-state index contributed by atoms with van der Waals surface area (Å²) in [6, 6.07) is 0. The fourth-order valence-corrected chi connectivity index (χ4v) is 2.89. The lowest BCUT2D eigenvalue weighted by atomic mass is 9.80. The van der Waals surface area contributed by atoms with Gasteiger partial charge >= 0.3 is 11.9 Å². The molecule has 5 nitrogen and oxygen atoms in total. The molecule has 2 heterocycles. The van der Waals surface area contributed by atoms with Crippen LogP contribution in [0.2, 0.25) is 0 Å². The minimum atomic E-state index is -0.734. The van der Waals surface area contributed by atoms with Crippen molar-refractivity contribution in [3.05, 3.63) is 0 Å². The van der Waals surface area contributed by atoms with E-state index >= 15 is 0 Å². The number of rotatable bonds is 4. The van der Waals surface area contributed by atoms with E-state index in [-0.39, 0.29) is 18.2 Å². The van der Waals surface area contributed by atoms with Crippen molar-refractivity contribution in [2.24, 2.45) is 5.41 Å². The summed E-state index contributed by atoms with van der Waals surface area (Å²) in [5.41, 5.74) is -0.654. The fraction of sp³-hybridized carbons (Fsp3) is 0.857. The van der Waals surface area contributed by atoms with Crippen LogP contribution < -0.4 is 0 Å². The molecule has 0 bridgehead atoms. The van der Waals surface area contributed by atoms with Gasteiger partial charge in [0.2, 0.25) is 6.10 Å². The van der Waals surface area contributed by atoms with E-state index in [1.165, 1.54) is 0 Å². The minimum absolute atomic E-state index is 0.0954. The topological polar surface area (TPSA) is 61.8 Å². The molecule has 0 saturated carbocycles. The van der Waals surface area contributed by atoms with Crippen LogP contribution in [0.1, 0.15) is 46.5 Å². The molecular formula is C14H22O5. The van der Waals surface area contributed by atoms with Gasteiger partial charge in [0, 0.05) is 6.42 Å². The first-order valence-electron chi connectivity index (χ1n) is 7.04. The number of carbonyl (C=O) groups is 2. The SMILES string of the molecule is CCC1CC(C)(C(=O)OC2CCOC2=O)C(CC)O1. The van der Waals surface area contributed by atoms with E-state index < -0.39 is 17.5 Å². The van der Waals surface area contributed by atoms with Crippen LogP contribution in [0.4, 0.5) is 0 Å². The monoisotopic (exact) mass is 270 g/mol. The molecule has 2 aliphatic heterocycles. The van der Waals surface area contributed by atoms with Gasteiger partial charge in [-0.1, -0.05) is 13.8 Å². The second-order valence-corrected chi connectivity index (χ2v) is 5.53. The largest absolute Gasteiger partial charge is 0.463 e. The molecule has 2 fully saturated rings. The zero-order valence-electron chi connectivity index (χ0n) is 11.8. The zero-order valence-corrected chi connectivity index (χ0v) is 11.8. The first kappa shape index (κ1) is 14.3. The summed E-state index contributed by atoms with van der Waals surface area (Å²) in [6.07, 6.45) is 1.98. The maximum absolute atomic E-state index is 12.4. The summed E-state index contributed by atoms with van der Waals surface area (Å²) < 4.78 is 16.0. The Labute approximate surface area is 113 Å². The van der Waals surface area contributed by atoms with Gasteiger partial charge in [-0.3, -0.25) is 4.79 Å². The summed E-state index contributed by atoms with van der Waals surface area (Å²) >= 11 is 0. The van der Waals surface area contributed by atoms with E-state index in [0.29, 0.717) is 19.4 Å². The molecule has 0 spiro atoms. The van der Waals surface area contributed by atoms with Crippen LogP contribution in [0.25, 0.3) is 0 Å². The summed E-state index contributed by atoms with van der Waals surface area (Å²) in [5, 5.41) is 0. The number of cyclic esters (lactones) is 1. The molecule has 0 amide bonds. The lowest BCUT2D eigenvalue weighted by Crippen LogP contribution is -2.40. The molecule has 108 valence electrons. The number of esters is 2. The van der Waals surface area contributed by atoms with Crippen LogP contribution in [-0.4, -0.2) is 36.9 Å². The van der Waals surface area contributed by atoms with E-state index in [9.17, 15) is 9.59 Å². The minimum Gasteiger partial charge on any atom is -0.463 e. The van der Waals surface area contributed by atoms with Crippen molar-refractivity contribution < 1.29 is 23.8 Å². The van der Waals surface area contributed by atoms with Crippen LogP contribution >= 0.6 is 0 Å². The highest BCUT2D eigenvalue weighted by Gasteiger charge is 2.51. The molecule has 0 radical (unpaired) electrons. The Bertz CT molecular complexity index is 367. The van der Waals surface area contributed by atoms with Gasteiger partial charge < -0.3 is 14.2 Å². The maximum Gasteiger partial charge on any atom is 0.347 e. The molecular weight excluding hydrogens is 248 g/mol. The van der Waals surface area contributed by atoms with Crippen molar-refractivity contribution in [1.29, 1.82) is 0 Å². The van der Waals surface area contributed by atoms with E-state index in [1.54, 1.807) is 0 Å². The van der Waals surface area contributed by atoms with E-state index in [4.69, 9.17) is 14.2 Å². The average molecular weight is 270 g/mol. The van der Waals surface area contributed by atoms with Crippen molar-refractivity contribution in [3.63, 3.8) is 0 Å². The van der Waals surface area contributed by atoms with Crippen LogP contribution in [0, 0.1) is 5.41 Å². The first-order valence-corrected chi connectivity index (χ1v) is 7.04. The molecule has 5 heteroatoms. The molecule has 0 aromatic heterocycles. The van der Waals surface area contributed by atoms with Gasteiger partial charge in [-0.05, 0) is 26.2 Å². The summed E-state index contributed by atoms with van der Waals surface area (Å²) in [5.74, 6) is -0.768. The molecule has 2 aliphatic rings. The molecule has 0 aromatic rings. The third-order valence-electron chi connectivity index (χ3n) is 4.15. The predicted octanol–water partition coefficient (Wildman–Crippen LogP) is 1.83.